The summed E-state index contributed by atoms with van der Waals surface area (Å²) < 4.78 is 27.4. The van der Waals surface area contributed by atoms with Crippen molar-refractivity contribution in [2.45, 2.75) is 13.0 Å². The molecule has 1 amide bonds. The second-order valence-corrected chi connectivity index (χ2v) is 5.74. The lowest BCUT2D eigenvalue weighted by Crippen LogP contribution is -2.35. The van der Waals surface area contributed by atoms with Crippen LogP contribution < -0.4 is 10.9 Å². The van der Waals surface area contributed by atoms with E-state index in [4.69, 9.17) is 0 Å². The Labute approximate surface area is 150 Å². The zero-order valence-electron chi connectivity index (χ0n) is 13.9. The van der Waals surface area contributed by atoms with E-state index in [9.17, 15) is 28.3 Å². The Kier molecular flexibility index (Phi) is 4.68. The SMILES string of the molecule is C[C@H](C(=O)Nc1ccc(F)cc1F)n1nc(C(=O)O)c2ccccc2c1=O. The van der Waals surface area contributed by atoms with Crippen LogP contribution in [-0.2, 0) is 4.79 Å². The van der Waals surface area contributed by atoms with E-state index in [1.165, 1.54) is 19.1 Å². The Balaban J connectivity index is 2.03. The van der Waals surface area contributed by atoms with Crippen molar-refractivity contribution < 1.29 is 23.5 Å². The third-order valence-corrected chi connectivity index (χ3v) is 3.97. The molecule has 0 saturated carbocycles. The fraction of sp³-hybridized carbons (Fsp3) is 0.111. The molecule has 0 bridgehead atoms. The Morgan fingerprint density at radius 1 is 1.15 bits per heavy atom. The number of aromatic carboxylic acids is 1. The number of nitrogens with one attached hydrogen (secondary N) is 1. The Bertz CT molecular complexity index is 1130. The molecule has 138 valence electrons. The number of anilines is 1. The fourth-order valence-electron chi connectivity index (χ4n) is 2.57. The summed E-state index contributed by atoms with van der Waals surface area (Å²) >= 11 is 0. The third kappa shape index (κ3) is 3.39. The van der Waals surface area contributed by atoms with Crippen molar-refractivity contribution in [2.75, 3.05) is 5.32 Å². The number of amides is 1. The predicted molar refractivity (Wildman–Crippen MR) is 92.7 cm³/mol. The lowest BCUT2D eigenvalue weighted by atomic mass is 10.1. The molecule has 0 fully saturated rings. The summed E-state index contributed by atoms with van der Waals surface area (Å²) in [5.41, 5.74) is -1.34. The van der Waals surface area contributed by atoms with Gasteiger partial charge in [-0.25, -0.2) is 18.3 Å². The maximum atomic E-state index is 13.7. The number of carboxylic acids is 1. The summed E-state index contributed by atoms with van der Waals surface area (Å²) in [6.45, 7) is 1.31. The maximum absolute atomic E-state index is 13.7. The first-order valence-corrected chi connectivity index (χ1v) is 7.80. The van der Waals surface area contributed by atoms with Crippen LogP contribution in [0.25, 0.3) is 10.8 Å². The summed E-state index contributed by atoms with van der Waals surface area (Å²) in [4.78, 5) is 36.5. The van der Waals surface area contributed by atoms with Gasteiger partial charge in [0.1, 0.15) is 17.7 Å². The van der Waals surface area contributed by atoms with Crippen LogP contribution >= 0.6 is 0 Å². The van der Waals surface area contributed by atoms with E-state index in [2.05, 4.69) is 10.4 Å². The molecule has 1 atom stereocenters. The summed E-state index contributed by atoms with van der Waals surface area (Å²) in [5, 5.41) is 15.6. The van der Waals surface area contributed by atoms with E-state index in [-0.39, 0.29) is 16.5 Å². The third-order valence-electron chi connectivity index (χ3n) is 3.97. The standard InChI is InChI=1S/C18H13F2N3O4/c1-9(16(24)21-14-7-6-10(19)8-13(14)20)23-17(25)12-5-3-2-4-11(12)15(22-23)18(26)27/h2-9H,1H3,(H,21,24)(H,26,27)/t9-/m1/s1. The van der Waals surface area contributed by atoms with Crippen molar-refractivity contribution in [2.24, 2.45) is 0 Å². The van der Waals surface area contributed by atoms with Gasteiger partial charge in [-0.2, -0.15) is 5.10 Å². The number of carbonyl (C=O) groups is 2. The van der Waals surface area contributed by atoms with Crippen LogP contribution in [0.5, 0.6) is 0 Å². The molecule has 7 nitrogen and oxygen atoms in total. The molecule has 3 aromatic rings. The number of hydrogen-bond donors (Lipinski definition) is 2. The van der Waals surface area contributed by atoms with E-state index >= 15 is 0 Å². The highest BCUT2D eigenvalue weighted by Crippen LogP contribution is 2.18. The van der Waals surface area contributed by atoms with Gasteiger partial charge in [-0.1, -0.05) is 18.2 Å². The largest absolute Gasteiger partial charge is 0.476 e. The molecule has 0 aliphatic heterocycles. The molecule has 1 heterocycles. The second-order valence-electron chi connectivity index (χ2n) is 5.74. The van der Waals surface area contributed by atoms with E-state index in [0.29, 0.717) is 6.07 Å². The van der Waals surface area contributed by atoms with Crippen LogP contribution in [-0.4, -0.2) is 26.8 Å². The molecule has 0 aliphatic carbocycles. The molecule has 0 unspecified atom stereocenters. The summed E-state index contributed by atoms with van der Waals surface area (Å²) in [6.07, 6.45) is 0. The first-order chi connectivity index (χ1) is 12.8. The van der Waals surface area contributed by atoms with Gasteiger partial charge in [0.2, 0.25) is 5.91 Å². The first-order valence-electron chi connectivity index (χ1n) is 7.80. The van der Waals surface area contributed by atoms with Crippen LogP contribution in [0.3, 0.4) is 0 Å². The van der Waals surface area contributed by atoms with Crippen molar-refractivity contribution in [1.82, 2.24) is 9.78 Å². The number of rotatable bonds is 4. The number of nitrogens with zero attached hydrogens (tertiary/aromatic N) is 2. The molecule has 3 rings (SSSR count). The first kappa shape index (κ1) is 18.2. The van der Waals surface area contributed by atoms with Gasteiger partial charge in [0.05, 0.1) is 11.1 Å². The van der Waals surface area contributed by atoms with E-state index in [0.717, 1.165) is 16.8 Å². The molecule has 0 radical (unpaired) electrons. The molecule has 2 aromatic carbocycles. The topological polar surface area (TPSA) is 101 Å². The quantitative estimate of drug-likeness (QED) is 0.732. The molecular formula is C18H13F2N3O4. The second kappa shape index (κ2) is 6.94. The highest BCUT2D eigenvalue weighted by molar-refractivity contribution is 6.01. The zero-order chi connectivity index (χ0) is 19.7. The van der Waals surface area contributed by atoms with Gasteiger partial charge in [-0.15, -0.1) is 0 Å². The molecule has 1 aromatic heterocycles. The summed E-state index contributed by atoms with van der Waals surface area (Å²) in [5.74, 6) is -3.98. The molecule has 2 N–H and O–H groups in total. The van der Waals surface area contributed by atoms with Crippen LogP contribution in [0, 0.1) is 11.6 Å². The molecule has 0 aliphatic rings. The van der Waals surface area contributed by atoms with Crippen molar-refractivity contribution in [3.8, 4) is 0 Å². The predicted octanol–water partition coefficient (Wildman–Crippen LogP) is 2.57. The number of benzene rings is 2. The van der Waals surface area contributed by atoms with E-state index < -0.39 is 40.8 Å². The summed E-state index contributed by atoms with van der Waals surface area (Å²) in [7, 11) is 0. The van der Waals surface area contributed by atoms with Crippen LogP contribution in [0.4, 0.5) is 14.5 Å². The van der Waals surface area contributed by atoms with Crippen LogP contribution in [0.15, 0.2) is 47.3 Å². The Morgan fingerprint density at radius 3 is 2.44 bits per heavy atom. The van der Waals surface area contributed by atoms with Gasteiger partial charge in [0.15, 0.2) is 5.69 Å². The monoisotopic (exact) mass is 373 g/mol. The number of fused-ring (bicyclic) bond motifs is 1. The van der Waals surface area contributed by atoms with Crippen LogP contribution in [0.2, 0.25) is 0 Å². The Morgan fingerprint density at radius 2 is 1.81 bits per heavy atom. The molecular weight excluding hydrogens is 360 g/mol. The van der Waals surface area contributed by atoms with E-state index in [1.54, 1.807) is 12.1 Å². The molecule has 0 spiro atoms. The smallest absolute Gasteiger partial charge is 0.357 e. The maximum Gasteiger partial charge on any atom is 0.357 e. The number of aromatic nitrogens is 2. The van der Waals surface area contributed by atoms with Crippen molar-refractivity contribution >= 4 is 28.3 Å². The average molecular weight is 373 g/mol. The Hall–Kier alpha value is -3.62. The van der Waals surface area contributed by atoms with Gasteiger partial charge < -0.3 is 10.4 Å². The van der Waals surface area contributed by atoms with Crippen molar-refractivity contribution in [1.29, 1.82) is 0 Å². The molecule has 0 saturated heterocycles. The highest BCUT2D eigenvalue weighted by atomic mass is 19.1. The van der Waals surface area contributed by atoms with Gasteiger partial charge in [-0.05, 0) is 25.1 Å². The van der Waals surface area contributed by atoms with Crippen molar-refractivity contribution in [3.63, 3.8) is 0 Å². The van der Waals surface area contributed by atoms with Gasteiger partial charge >= 0.3 is 5.97 Å². The minimum absolute atomic E-state index is 0.0810. The normalized spacial score (nSPS) is 12.0. The lowest BCUT2D eigenvalue weighted by molar-refractivity contribution is -0.119. The fourth-order valence-corrected chi connectivity index (χ4v) is 2.57. The lowest BCUT2D eigenvalue weighted by Gasteiger charge is -2.16. The number of halogens is 2. The highest BCUT2D eigenvalue weighted by Gasteiger charge is 2.23. The number of carbonyl (C=O) groups excluding carboxylic acids is 1. The van der Waals surface area contributed by atoms with Crippen molar-refractivity contribution in [3.05, 3.63) is 70.1 Å². The average Bonchev–Trinajstić information content (AvgIpc) is 2.63. The number of hydrogen-bond acceptors (Lipinski definition) is 4. The zero-order valence-corrected chi connectivity index (χ0v) is 13.9. The molecule has 27 heavy (non-hydrogen) atoms. The van der Waals surface area contributed by atoms with Crippen LogP contribution in [0.1, 0.15) is 23.5 Å². The van der Waals surface area contributed by atoms with E-state index in [1.807, 2.05) is 0 Å². The van der Waals surface area contributed by atoms with Gasteiger partial charge in [0.25, 0.3) is 5.56 Å². The minimum Gasteiger partial charge on any atom is -0.476 e. The van der Waals surface area contributed by atoms with Gasteiger partial charge in [-0.3, -0.25) is 9.59 Å². The van der Waals surface area contributed by atoms with Gasteiger partial charge in [0, 0.05) is 11.5 Å². The molecule has 9 heteroatoms. The summed E-state index contributed by atoms with van der Waals surface area (Å²) in [6, 6.07) is 7.34. The number of carboxylic acid groups (broad SMARTS) is 1. The minimum atomic E-state index is -1.36.